The number of hydrogen-bond donors (Lipinski definition) is 2. The van der Waals surface area contributed by atoms with Gasteiger partial charge in [0.1, 0.15) is 0 Å². The Hall–Kier alpha value is -0.0300. The third-order valence-corrected chi connectivity index (χ3v) is 5.29. The average molecular weight is 354 g/mol. The van der Waals surface area contributed by atoms with E-state index in [2.05, 4.69) is 36.4 Å². The van der Waals surface area contributed by atoms with Crippen LogP contribution < -0.4 is 10.6 Å². The molecule has 2 fully saturated rings. The van der Waals surface area contributed by atoms with Crippen molar-refractivity contribution < 1.29 is 4.79 Å². The smallest absolute Gasteiger partial charge is 0.237 e. The van der Waals surface area contributed by atoms with Gasteiger partial charge in [0.2, 0.25) is 5.91 Å². The van der Waals surface area contributed by atoms with E-state index in [1.54, 1.807) is 0 Å². The number of amides is 1. The molecular weight excluding hydrogens is 321 g/mol. The minimum absolute atomic E-state index is 0. The molecular formula is C16H33Cl2N3O. The van der Waals surface area contributed by atoms with Gasteiger partial charge in [0, 0.05) is 25.2 Å². The van der Waals surface area contributed by atoms with Crippen LogP contribution in [-0.2, 0) is 4.79 Å². The zero-order valence-electron chi connectivity index (χ0n) is 14.1. The highest BCUT2D eigenvalue weighted by atomic mass is 35.5. The fourth-order valence-electron chi connectivity index (χ4n) is 3.53. The zero-order valence-corrected chi connectivity index (χ0v) is 15.8. The molecule has 0 aromatic rings. The number of nitrogens with one attached hydrogen (secondary N) is 2. The molecule has 1 heterocycles. The van der Waals surface area contributed by atoms with Crippen LogP contribution in [0.15, 0.2) is 0 Å². The zero-order chi connectivity index (χ0) is 14.5. The van der Waals surface area contributed by atoms with E-state index < -0.39 is 0 Å². The summed E-state index contributed by atoms with van der Waals surface area (Å²) in [5.74, 6) is 0.944. The average Bonchev–Trinajstić information content (AvgIpc) is 2.90. The Kier molecular flexibility index (Phi) is 10.7. The first-order valence-electron chi connectivity index (χ1n) is 8.35. The topological polar surface area (TPSA) is 44.4 Å². The number of carbonyl (C=O) groups is 1. The highest BCUT2D eigenvalue weighted by molar-refractivity contribution is 5.85. The maximum absolute atomic E-state index is 12.2. The second kappa shape index (κ2) is 10.7. The number of rotatable bonds is 6. The quantitative estimate of drug-likeness (QED) is 0.771. The van der Waals surface area contributed by atoms with Crippen molar-refractivity contribution in [2.24, 2.45) is 5.92 Å². The summed E-state index contributed by atoms with van der Waals surface area (Å²) in [4.78, 5) is 14.5. The number of fused-ring (bicyclic) bond motifs is 1. The van der Waals surface area contributed by atoms with E-state index in [0.717, 1.165) is 31.8 Å². The van der Waals surface area contributed by atoms with Crippen LogP contribution in [0.3, 0.4) is 0 Å². The van der Waals surface area contributed by atoms with Crippen LogP contribution in [0.2, 0.25) is 0 Å². The molecule has 0 spiro atoms. The highest BCUT2D eigenvalue weighted by Gasteiger charge is 2.37. The van der Waals surface area contributed by atoms with E-state index >= 15 is 0 Å². The first-order valence-corrected chi connectivity index (χ1v) is 8.35. The third-order valence-electron chi connectivity index (χ3n) is 5.29. The lowest BCUT2D eigenvalue weighted by molar-refractivity contribution is -0.122. The Balaban J connectivity index is 0.00000220. The van der Waals surface area contributed by atoms with Crippen LogP contribution in [0, 0.1) is 5.92 Å². The van der Waals surface area contributed by atoms with Crippen molar-refractivity contribution in [2.75, 3.05) is 20.1 Å². The molecule has 2 aliphatic rings. The molecule has 1 aliphatic carbocycles. The van der Waals surface area contributed by atoms with Crippen LogP contribution in [0.1, 0.15) is 52.4 Å². The van der Waals surface area contributed by atoms with Gasteiger partial charge in [-0.3, -0.25) is 4.79 Å². The van der Waals surface area contributed by atoms with E-state index in [9.17, 15) is 4.79 Å². The molecule has 1 saturated carbocycles. The Labute approximate surface area is 148 Å². The van der Waals surface area contributed by atoms with Gasteiger partial charge in [0.15, 0.2) is 0 Å². The number of likely N-dealkylation sites (N-methyl/N-ethyl adjacent to an activating group) is 1. The van der Waals surface area contributed by atoms with Crippen LogP contribution in [-0.4, -0.2) is 49.1 Å². The SMILES string of the molecule is CCC(C)N(C)CCNC(=O)C1CC2CCCCC2N1.Cl.Cl. The summed E-state index contributed by atoms with van der Waals surface area (Å²) in [7, 11) is 2.13. The van der Waals surface area contributed by atoms with Crippen molar-refractivity contribution in [1.29, 1.82) is 0 Å². The van der Waals surface area contributed by atoms with E-state index in [1.807, 2.05) is 0 Å². The van der Waals surface area contributed by atoms with Crippen molar-refractivity contribution >= 4 is 30.7 Å². The molecule has 4 unspecified atom stereocenters. The summed E-state index contributed by atoms with van der Waals surface area (Å²) < 4.78 is 0. The summed E-state index contributed by atoms with van der Waals surface area (Å²) >= 11 is 0. The highest BCUT2D eigenvalue weighted by Crippen LogP contribution is 2.33. The molecule has 2 N–H and O–H groups in total. The number of halogens is 2. The number of hydrogen-bond acceptors (Lipinski definition) is 3. The summed E-state index contributed by atoms with van der Waals surface area (Å²) in [6.07, 6.45) is 7.41. The first-order chi connectivity index (χ1) is 9.61. The fourth-order valence-corrected chi connectivity index (χ4v) is 3.53. The Morgan fingerprint density at radius 1 is 1.32 bits per heavy atom. The molecule has 1 saturated heterocycles. The second-order valence-corrected chi connectivity index (χ2v) is 6.63. The van der Waals surface area contributed by atoms with E-state index in [0.29, 0.717) is 12.1 Å². The minimum atomic E-state index is 0. The van der Waals surface area contributed by atoms with Gasteiger partial charge in [-0.05, 0) is 45.6 Å². The van der Waals surface area contributed by atoms with Gasteiger partial charge in [-0.15, -0.1) is 24.8 Å². The monoisotopic (exact) mass is 353 g/mol. The molecule has 132 valence electrons. The lowest BCUT2D eigenvalue weighted by Crippen LogP contribution is -2.45. The van der Waals surface area contributed by atoms with Crippen molar-refractivity contribution in [1.82, 2.24) is 15.5 Å². The van der Waals surface area contributed by atoms with Gasteiger partial charge in [-0.2, -0.15) is 0 Å². The largest absolute Gasteiger partial charge is 0.353 e. The van der Waals surface area contributed by atoms with Crippen LogP contribution in [0.5, 0.6) is 0 Å². The summed E-state index contributed by atoms with van der Waals surface area (Å²) in [5, 5.41) is 6.64. The maximum Gasteiger partial charge on any atom is 0.237 e. The Morgan fingerprint density at radius 3 is 2.64 bits per heavy atom. The van der Waals surface area contributed by atoms with Crippen molar-refractivity contribution in [3.05, 3.63) is 0 Å². The lowest BCUT2D eigenvalue weighted by Gasteiger charge is -2.24. The molecule has 1 amide bonds. The van der Waals surface area contributed by atoms with E-state index in [1.165, 1.54) is 25.7 Å². The van der Waals surface area contributed by atoms with Gasteiger partial charge in [0.05, 0.1) is 6.04 Å². The molecule has 0 bridgehead atoms. The van der Waals surface area contributed by atoms with Gasteiger partial charge >= 0.3 is 0 Å². The molecule has 1 aliphatic heterocycles. The van der Waals surface area contributed by atoms with Gasteiger partial charge in [-0.1, -0.05) is 19.8 Å². The fraction of sp³-hybridized carbons (Fsp3) is 0.938. The summed E-state index contributed by atoms with van der Waals surface area (Å²) in [6, 6.07) is 1.23. The minimum Gasteiger partial charge on any atom is -0.353 e. The third kappa shape index (κ3) is 5.88. The number of nitrogens with zero attached hydrogens (tertiary/aromatic N) is 1. The van der Waals surface area contributed by atoms with Crippen LogP contribution >= 0.6 is 24.8 Å². The molecule has 4 atom stereocenters. The maximum atomic E-state index is 12.2. The molecule has 0 radical (unpaired) electrons. The standard InChI is InChI=1S/C16H31N3O.2ClH/c1-4-12(2)19(3)10-9-17-16(20)15-11-13-7-5-6-8-14(13)18-15;;/h12-15,18H,4-11H2,1-3H3,(H,17,20);2*1H. The molecule has 6 heteroatoms. The summed E-state index contributed by atoms with van der Waals surface area (Å²) in [5.41, 5.74) is 0. The predicted molar refractivity (Wildman–Crippen MR) is 97.2 cm³/mol. The van der Waals surface area contributed by atoms with Crippen molar-refractivity contribution in [3.63, 3.8) is 0 Å². The first kappa shape index (κ1) is 22.0. The predicted octanol–water partition coefficient (Wildman–Crippen LogP) is 2.60. The molecule has 22 heavy (non-hydrogen) atoms. The van der Waals surface area contributed by atoms with Crippen molar-refractivity contribution in [3.8, 4) is 0 Å². The van der Waals surface area contributed by atoms with Gasteiger partial charge in [0.25, 0.3) is 0 Å². The van der Waals surface area contributed by atoms with Gasteiger partial charge < -0.3 is 15.5 Å². The second-order valence-electron chi connectivity index (χ2n) is 6.63. The molecule has 4 nitrogen and oxygen atoms in total. The van der Waals surface area contributed by atoms with Crippen molar-refractivity contribution in [2.45, 2.75) is 70.5 Å². The number of carbonyl (C=O) groups excluding carboxylic acids is 1. The summed E-state index contributed by atoms with van der Waals surface area (Å²) in [6.45, 7) is 6.11. The van der Waals surface area contributed by atoms with E-state index in [-0.39, 0.29) is 36.8 Å². The normalized spacial score (nSPS) is 28.3. The van der Waals surface area contributed by atoms with Gasteiger partial charge in [-0.25, -0.2) is 0 Å². The Morgan fingerprint density at radius 2 is 2.00 bits per heavy atom. The molecule has 0 aromatic heterocycles. The molecule has 2 rings (SSSR count). The van der Waals surface area contributed by atoms with Crippen LogP contribution in [0.4, 0.5) is 0 Å². The Bertz CT molecular complexity index is 317. The molecule has 0 aromatic carbocycles. The van der Waals surface area contributed by atoms with E-state index in [4.69, 9.17) is 0 Å². The van der Waals surface area contributed by atoms with Crippen LogP contribution in [0.25, 0.3) is 0 Å². The lowest BCUT2D eigenvalue weighted by atomic mass is 9.85.